The van der Waals surface area contributed by atoms with Crippen LogP contribution < -0.4 is 22.1 Å². The Morgan fingerprint density at radius 1 is 0.970 bits per heavy atom. The third-order valence-corrected chi connectivity index (χ3v) is 6.28. The molecule has 0 saturated heterocycles. The Kier molecular flexibility index (Phi) is 7.05. The van der Waals surface area contributed by atoms with E-state index in [9.17, 15) is 9.59 Å². The second kappa shape index (κ2) is 10.3. The van der Waals surface area contributed by atoms with Crippen LogP contribution in [0.2, 0.25) is 0 Å². The molecule has 3 atom stereocenters. The summed E-state index contributed by atoms with van der Waals surface area (Å²) in [7, 11) is 0. The Morgan fingerprint density at radius 2 is 1.67 bits per heavy atom. The van der Waals surface area contributed by atoms with Gasteiger partial charge in [0.25, 0.3) is 0 Å². The minimum absolute atomic E-state index is 0.0594. The quantitative estimate of drug-likeness (QED) is 0.402. The standard InChI is InChI=1S/C27H30N4O2/c28-22-13-10-19(11-14-22)16-21-17-20-8-4-5-9-23(20)31-27(33)25(21)30-24(26(29)32)15-12-18-6-2-1-3-7-18/h1-11,13-14,21,24-25,30H,12,15-17,28H2,(H2,29,32)(H,31,33)/t21?,24-,25-/m0/s1. The number of aryl methyl sites for hydroxylation is 1. The lowest BCUT2D eigenvalue weighted by Gasteiger charge is -2.28. The maximum absolute atomic E-state index is 13.3. The molecule has 6 N–H and O–H groups in total. The number of amides is 2. The lowest BCUT2D eigenvalue weighted by Crippen LogP contribution is -2.54. The van der Waals surface area contributed by atoms with E-state index in [1.807, 2.05) is 78.9 Å². The number of carbonyl (C=O) groups excluding carboxylic acids is 2. The third-order valence-electron chi connectivity index (χ3n) is 6.28. The Bertz CT molecular complexity index is 1100. The van der Waals surface area contributed by atoms with E-state index in [-0.39, 0.29) is 11.8 Å². The molecule has 0 aromatic heterocycles. The van der Waals surface area contributed by atoms with Gasteiger partial charge < -0.3 is 16.8 Å². The number of hydrogen-bond donors (Lipinski definition) is 4. The largest absolute Gasteiger partial charge is 0.399 e. The molecule has 0 bridgehead atoms. The summed E-state index contributed by atoms with van der Waals surface area (Å²) in [6.07, 6.45) is 2.58. The van der Waals surface area contributed by atoms with Crippen LogP contribution >= 0.6 is 0 Å². The minimum atomic E-state index is -0.615. The van der Waals surface area contributed by atoms with Gasteiger partial charge in [0.05, 0.1) is 12.1 Å². The van der Waals surface area contributed by atoms with Gasteiger partial charge in [-0.25, -0.2) is 0 Å². The van der Waals surface area contributed by atoms with Crippen LogP contribution in [0.3, 0.4) is 0 Å². The zero-order chi connectivity index (χ0) is 23.2. The number of anilines is 2. The number of benzene rings is 3. The number of rotatable bonds is 8. The summed E-state index contributed by atoms with van der Waals surface area (Å²) in [5, 5.41) is 6.36. The van der Waals surface area contributed by atoms with E-state index in [0.717, 1.165) is 22.4 Å². The molecule has 6 heteroatoms. The molecule has 0 aliphatic carbocycles. The second-order valence-corrected chi connectivity index (χ2v) is 8.68. The number of nitrogen functional groups attached to an aromatic ring is 1. The molecule has 1 unspecified atom stereocenters. The summed E-state index contributed by atoms with van der Waals surface area (Å²) in [4.78, 5) is 25.6. The molecular formula is C27H30N4O2. The molecule has 3 aromatic rings. The minimum Gasteiger partial charge on any atom is -0.399 e. The third kappa shape index (κ3) is 5.79. The van der Waals surface area contributed by atoms with Crippen molar-refractivity contribution in [1.82, 2.24) is 5.32 Å². The highest BCUT2D eigenvalue weighted by Crippen LogP contribution is 2.28. The van der Waals surface area contributed by atoms with Crippen LogP contribution in [0.5, 0.6) is 0 Å². The maximum Gasteiger partial charge on any atom is 0.241 e. The second-order valence-electron chi connectivity index (χ2n) is 8.68. The summed E-state index contributed by atoms with van der Waals surface area (Å²) in [5.74, 6) is -0.658. The average molecular weight is 443 g/mol. The molecule has 6 nitrogen and oxygen atoms in total. The smallest absolute Gasteiger partial charge is 0.241 e. The van der Waals surface area contributed by atoms with E-state index in [0.29, 0.717) is 31.4 Å². The first-order valence-corrected chi connectivity index (χ1v) is 11.3. The lowest BCUT2D eigenvalue weighted by molar-refractivity contribution is -0.122. The van der Waals surface area contributed by atoms with E-state index in [4.69, 9.17) is 11.5 Å². The van der Waals surface area contributed by atoms with Crippen molar-refractivity contribution >= 4 is 23.2 Å². The molecule has 2 amide bonds. The predicted molar refractivity (Wildman–Crippen MR) is 131 cm³/mol. The van der Waals surface area contributed by atoms with Crippen LogP contribution in [0.4, 0.5) is 11.4 Å². The number of nitrogens with one attached hydrogen (secondary N) is 2. The van der Waals surface area contributed by atoms with Crippen molar-refractivity contribution in [2.75, 3.05) is 11.1 Å². The zero-order valence-corrected chi connectivity index (χ0v) is 18.5. The van der Waals surface area contributed by atoms with Crippen molar-refractivity contribution in [3.8, 4) is 0 Å². The van der Waals surface area contributed by atoms with Gasteiger partial charge >= 0.3 is 0 Å². The molecule has 0 radical (unpaired) electrons. The van der Waals surface area contributed by atoms with Gasteiger partial charge in [0.15, 0.2) is 0 Å². The van der Waals surface area contributed by atoms with E-state index >= 15 is 0 Å². The molecule has 1 heterocycles. The fourth-order valence-electron chi connectivity index (χ4n) is 4.48. The molecule has 4 rings (SSSR count). The first-order valence-electron chi connectivity index (χ1n) is 11.3. The summed E-state index contributed by atoms with van der Waals surface area (Å²) in [5.41, 5.74) is 16.4. The number of para-hydroxylation sites is 1. The molecule has 3 aromatic carbocycles. The van der Waals surface area contributed by atoms with Crippen LogP contribution in [-0.4, -0.2) is 23.9 Å². The van der Waals surface area contributed by atoms with Crippen LogP contribution in [0.15, 0.2) is 78.9 Å². The van der Waals surface area contributed by atoms with Crippen LogP contribution in [0.1, 0.15) is 23.1 Å². The van der Waals surface area contributed by atoms with Crippen molar-refractivity contribution in [3.05, 3.63) is 95.6 Å². The number of carbonyl (C=O) groups is 2. The maximum atomic E-state index is 13.3. The van der Waals surface area contributed by atoms with Gasteiger partial charge in [0, 0.05) is 11.4 Å². The topological polar surface area (TPSA) is 110 Å². The number of primary amides is 1. The summed E-state index contributed by atoms with van der Waals surface area (Å²) < 4.78 is 0. The van der Waals surface area contributed by atoms with Crippen molar-refractivity contribution in [2.24, 2.45) is 11.7 Å². The van der Waals surface area contributed by atoms with Gasteiger partial charge in [-0.15, -0.1) is 0 Å². The summed E-state index contributed by atoms with van der Waals surface area (Å²) in [6.45, 7) is 0. The van der Waals surface area contributed by atoms with Crippen molar-refractivity contribution in [2.45, 2.75) is 37.8 Å². The first kappa shape index (κ1) is 22.6. The van der Waals surface area contributed by atoms with Crippen molar-refractivity contribution in [3.63, 3.8) is 0 Å². The van der Waals surface area contributed by atoms with Crippen molar-refractivity contribution in [1.29, 1.82) is 0 Å². The Morgan fingerprint density at radius 3 is 2.39 bits per heavy atom. The van der Waals surface area contributed by atoms with E-state index in [2.05, 4.69) is 10.6 Å². The normalized spacial score (nSPS) is 18.6. The highest BCUT2D eigenvalue weighted by molar-refractivity contribution is 5.97. The number of hydrogen-bond acceptors (Lipinski definition) is 4. The van der Waals surface area contributed by atoms with Gasteiger partial charge in [-0.3, -0.25) is 14.9 Å². The summed E-state index contributed by atoms with van der Waals surface area (Å²) in [6, 6.07) is 24.3. The Labute approximate surface area is 194 Å². The highest BCUT2D eigenvalue weighted by atomic mass is 16.2. The SMILES string of the molecule is NC(=O)[C@H](CCc1ccccc1)N[C@@H]1C(=O)Nc2ccccc2CC1Cc1ccc(N)cc1. The summed E-state index contributed by atoms with van der Waals surface area (Å²) >= 11 is 0. The van der Waals surface area contributed by atoms with E-state index < -0.39 is 18.0 Å². The van der Waals surface area contributed by atoms with Gasteiger partial charge in [-0.1, -0.05) is 60.7 Å². The molecule has 33 heavy (non-hydrogen) atoms. The van der Waals surface area contributed by atoms with Gasteiger partial charge in [0.1, 0.15) is 0 Å². The van der Waals surface area contributed by atoms with E-state index in [1.165, 1.54) is 0 Å². The monoisotopic (exact) mass is 442 g/mol. The van der Waals surface area contributed by atoms with Crippen LogP contribution in [0.25, 0.3) is 0 Å². The van der Waals surface area contributed by atoms with Gasteiger partial charge in [0.2, 0.25) is 11.8 Å². The van der Waals surface area contributed by atoms with E-state index in [1.54, 1.807) is 0 Å². The molecular weight excluding hydrogens is 412 g/mol. The van der Waals surface area contributed by atoms with Gasteiger partial charge in [-0.05, 0) is 66.5 Å². The van der Waals surface area contributed by atoms with Crippen molar-refractivity contribution < 1.29 is 9.59 Å². The molecule has 0 saturated carbocycles. The first-order chi connectivity index (χ1) is 16.0. The Balaban J connectivity index is 1.58. The average Bonchev–Trinajstić information content (AvgIpc) is 2.94. The number of nitrogens with two attached hydrogens (primary N) is 2. The highest BCUT2D eigenvalue weighted by Gasteiger charge is 2.35. The fraction of sp³-hybridized carbons (Fsp3) is 0.259. The Hall–Kier alpha value is -3.64. The number of fused-ring (bicyclic) bond motifs is 1. The van der Waals surface area contributed by atoms with Crippen LogP contribution in [0, 0.1) is 5.92 Å². The fourth-order valence-corrected chi connectivity index (χ4v) is 4.48. The molecule has 1 aliphatic rings. The molecule has 0 spiro atoms. The molecule has 170 valence electrons. The van der Waals surface area contributed by atoms with Crippen LogP contribution in [-0.2, 0) is 28.9 Å². The molecule has 0 fully saturated rings. The lowest BCUT2D eigenvalue weighted by atomic mass is 9.86. The van der Waals surface area contributed by atoms with Gasteiger partial charge in [-0.2, -0.15) is 0 Å². The predicted octanol–water partition coefficient (Wildman–Crippen LogP) is 3.07. The molecule has 1 aliphatic heterocycles. The zero-order valence-electron chi connectivity index (χ0n) is 18.5.